The standard InChI is InChI=1S/C7H7BrFNO/c1-10(11)7-3-2-5(8)4-6(7)9/h2-4,10H,1H3. The smallest absolute Gasteiger partial charge is 0.185 e. The minimum atomic E-state index is -0.480. The zero-order chi connectivity index (χ0) is 8.43. The van der Waals surface area contributed by atoms with Crippen LogP contribution in [0.2, 0.25) is 0 Å². The molecule has 11 heavy (non-hydrogen) atoms. The maximum Gasteiger partial charge on any atom is 0.185 e. The molecule has 1 rings (SSSR count). The molecule has 2 nitrogen and oxygen atoms in total. The Morgan fingerprint density at radius 1 is 1.55 bits per heavy atom. The maximum atomic E-state index is 12.9. The first-order valence-electron chi connectivity index (χ1n) is 3.07. The van der Waals surface area contributed by atoms with E-state index in [1.54, 1.807) is 6.07 Å². The highest BCUT2D eigenvalue weighted by Crippen LogP contribution is 2.15. The molecule has 0 aliphatic rings. The summed E-state index contributed by atoms with van der Waals surface area (Å²) in [4.78, 5) is 0. The summed E-state index contributed by atoms with van der Waals surface area (Å²) in [5, 5.41) is 10.5. The Bertz CT molecular complexity index is 265. The Morgan fingerprint density at radius 2 is 2.18 bits per heavy atom. The summed E-state index contributed by atoms with van der Waals surface area (Å²) in [7, 11) is 1.34. The third-order valence-corrected chi connectivity index (χ3v) is 1.80. The lowest BCUT2D eigenvalue weighted by molar-refractivity contribution is -0.752. The molecular formula is C7H7BrFNO. The van der Waals surface area contributed by atoms with Crippen LogP contribution in [0.15, 0.2) is 22.7 Å². The van der Waals surface area contributed by atoms with Crippen LogP contribution in [-0.2, 0) is 0 Å². The Kier molecular flexibility index (Phi) is 2.59. The molecule has 1 unspecified atom stereocenters. The van der Waals surface area contributed by atoms with Gasteiger partial charge in [0.25, 0.3) is 0 Å². The topological polar surface area (TPSA) is 27.5 Å². The molecule has 0 aliphatic carbocycles. The van der Waals surface area contributed by atoms with Crippen molar-refractivity contribution in [2.24, 2.45) is 0 Å². The monoisotopic (exact) mass is 219 g/mol. The first-order chi connectivity index (χ1) is 5.11. The number of quaternary nitrogens is 1. The Labute approximate surface area is 72.3 Å². The number of hydrogen-bond acceptors (Lipinski definition) is 1. The van der Waals surface area contributed by atoms with Gasteiger partial charge in [-0.15, -0.1) is 0 Å². The van der Waals surface area contributed by atoms with Crippen molar-refractivity contribution < 1.29 is 9.45 Å². The van der Waals surface area contributed by atoms with Crippen LogP contribution >= 0.6 is 15.9 Å². The second-order valence-electron chi connectivity index (χ2n) is 2.18. The normalized spacial score (nSPS) is 13.1. The van der Waals surface area contributed by atoms with E-state index in [-0.39, 0.29) is 10.8 Å². The van der Waals surface area contributed by atoms with Crippen LogP contribution in [0.5, 0.6) is 0 Å². The molecule has 0 fully saturated rings. The third kappa shape index (κ3) is 1.99. The van der Waals surface area contributed by atoms with E-state index in [0.717, 1.165) is 0 Å². The van der Waals surface area contributed by atoms with E-state index in [4.69, 9.17) is 0 Å². The van der Waals surface area contributed by atoms with E-state index in [2.05, 4.69) is 15.9 Å². The van der Waals surface area contributed by atoms with Crippen molar-refractivity contribution in [1.82, 2.24) is 0 Å². The summed E-state index contributed by atoms with van der Waals surface area (Å²) in [5.41, 5.74) is 0.133. The Balaban J connectivity index is 3.09. The molecule has 0 saturated carbocycles. The van der Waals surface area contributed by atoms with Crippen molar-refractivity contribution in [1.29, 1.82) is 0 Å². The molecule has 0 radical (unpaired) electrons. The SMILES string of the molecule is C[NH+]([O-])c1ccc(Br)cc1F. The van der Waals surface area contributed by atoms with Crippen molar-refractivity contribution in [2.45, 2.75) is 0 Å². The fraction of sp³-hybridized carbons (Fsp3) is 0.143. The third-order valence-electron chi connectivity index (χ3n) is 1.31. The van der Waals surface area contributed by atoms with Gasteiger partial charge >= 0.3 is 0 Å². The van der Waals surface area contributed by atoms with Crippen LogP contribution in [0.4, 0.5) is 10.1 Å². The molecule has 0 bridgehead atoms. The Morgan fingerprint density at radius 3 is 2.64 bits per heavy atom. The van der Waals surface area contributed by atoms with Crippen molar-refractivity contribution in [2.75, 3.05) is 7.05 Å². The van der Waals surface area contributed by atoms with Crippen LogP contribution in [0, 0.1) is 11.0 Å². The number of hydroxylamine groups is 1. The molecule has 1 aromatic rings. The number of rotatable bonds is 1. The van der Waals surface area contributed by atoms with Gasteiger partial charge in [0, 0.05) is 10.5 Å². The van der Waals surface area contributed by atoms with Crippen LogP contribution in [0.1, 0.15) is 0 Å². The van der Waals surface area contributed by atoms with Crippen LogP contribution in [0.25, 0.3) is 0 Å². The van der Waals surface area contributed by atoms with Gasteiger partial charge in [-0.2, -0.15) is 0 Å². The van der Waals surface area contributed by atoms with Gasteiger partial charge in [0.1, 0.15) is 0 Å². The largest absolute Gasteiger partial charge is 0.629 e. The molecule has 1 atom stereocenters. The van der Waals surface area contributed by atoms with Gasteiger partial charge in [-0.1, -0.05) is 15.9 Å². The van der Waals surface area contributed by atoms with Crippen molar-refractivity contribution in [3.63, 3.8) is 0 Å². The van der Waals surface area contributed by atoms with E-state index in [0.29, 0.717) is 4.47 Å². The number of halogens is 2. The van der Waals surface area contributed by atoms with Crippen molar-refractivity contribution in [3.05, 3.63) is 33.7 Å². The summed E-state index contributed by atoms with van der Waals surface area (Å²) < 4.78 is 13.5. The molecule has 1 aromatic carbocycles. The first-order valence-corrected chi connectivity index (χ1v) is 3.86. The lowest BCUT2D eigenvalue weighted by atomic mass is 10.3. The van der Waals surface area contributed by atoms with Crippen LogP contribution < -0.4 is 5.06 Å². The van der Waals surface area contributed by atoms with E-state index >= 15 is 0 Å². The summed E-state index contributed by atoms with van der Waals surface area (Å²) in [6.07, 6.45) is 0. The zero-order valence-electron chi connectivity index (χ0n) is 5.90. The fourth-order valence-electron chi connectivity index (χ4n) is 0.775. The average molecular weight is 220 g/mol. The maximum absolute atomic E-state index is 12.9. The molecule has 0 spiro atoms. The summed E-state index contributed by atoms with van der Waals surface area (Å²) in [5.74, 6) is -0.480. The predicted octanol–water partition coefficient (Wildman–Crippen LogP) is 1.23. The van der Waals surface area contributed by atoms with Gasteiger partial charge in [0.05, 0.1) is 7.05 Å². The molecule has 4 heteroatoms. The molecule has 0 heterocycles. The summed E-state index contributed by atoms with van der Waals surface area (Å²) in [6, 6.07) is 4.37. The molecular weight excluding hydrogens is 213 g/mol. The molecule has 60 valence electrons. The highest BCUT2D eigenvalue weighted by atomic mass is 79.9. The van der Waals surface area contributed by atoms with E-state index in [1.165, 1.54) is 19.2 Å². The second kappa shape index (κ2) is 3.30. The fourth-order valence-corrected chi connectivity index (χ4v) is 1.11. The molecule has 0 amide bonds. The predicted molar refractivity (Wildman–Crippen MR) is 44.0 cm³/mol. The molecule has 1 N–H and O–H groups in total. The van der Waals surface area contributed by atoms with Crippen LogP contribution in [0.3, 0.4) is 0 Å². The van der Waals surface area contributed by atoms with Gasteiger partial charge in [0.2, 0.25) is 0 Å². The van der Waals surface area contributed by atoms with Crippen molar-refractivity contribution >= 4 is 21.6 Å². The summed E-state index contributed by atoms with van der Waals surface area (Å²) in [6.45, 7) is 0. The van der Waals surface area contributed by atoms with E-state index in [1.807, 2.05) is 0 Å². The minimum absolute atomic E-state index is 0.133. The lowest BCUT2D eigenvalue weighted by Crippen LogP contribution is -2.98. The van der Waals surface area contributed by atoms with E-state index < -0.39 is 5.82 Å². The zero-order valence-corrected chi connectivity index (χ0v) is 7.48. The van der Waals surface area contributed by atoms with Crippen molar-refractivity contribution in [3.8, 4) is 0 Å². The number of nitrogens with one attached hydrogen (secondary N) is 1. The highest BCUT2D eigenvalue weighted by molar-refractivity contribution is 9.10. The number of hydrogen-bond donors (Lipinski definition) is 1. The van der Waals surface area contributed by atoms with Gasteiger partial charge < -0.3 is 10.3 Å². The molecule has 0 aliphatic heterocycles. The highest BCUT2D eigenvalue weighted by Gasteiger charge is 2.05. The summed E-state index contributed by atoms with van der Waals surface area (Å²) >= 11 is 3.09. The van der Waals surface area contributed by atoms with Gasteiger partial charge in [-0.3, -0.25) is 0 Å². The quantitative estimate of drug-likeness (QED) is 0.708. The van der Waals surface area contributed by atoms with E-state index in [9.17, 15) is 9.60 Å². The van der Waals surface area contributed by atoms with Gasteiger partial charge in [-0.05, 0) is 12.1 Å². The lowest BCUT2D eigenvalue weighted by Gasteiger charge is -2.15. The van der Waals surface area contributed by atoms with Gasteiger partial charge in [-0.25, -0.2) is 4.39 Å². The average Bonchev–Trinajstić information content (AvgIpc) is 1.85. The Hall–Kier alpha value is -0.450. The first kappa shape index (κ1) is 8.64. The van der Waals surface area contributed by atoms with Gasteiger partial charge in [0.15, 0.2) is 11.5 Å². The molecule has 0 aromatic heterocycles. The molecule has 0 saturated heterocycles. The van der Waals surface area contributed by atoms with Crippen LogP contribution in [-0.4, -0.2) is 7.05 Å². The minimum Gasteiger partial charge on any atom is -0.629 e. The number of benzene rings is 1. The second-order valence-corrected chi connectivity index (χ2v) is 3.10.